The number of hydrogen-bond acceptors (Lipinski definition) is 3. The van der Waals surface area contributed by atoms with Crippen molar-refractivity contribution in [1.29, 1.82) is 0 Å². The molecule has 2 aromatic carbocycles. The van der Waals surface area contributed by atoms with Gasteiger partial charge in [0.25, 0.3) is 15.7 Å². The van der Waals surface area contributed by atoms with Crippen molar-refractivity contribution in [3.63, 3.8) is 0 Å². The van der Waals surface area contributed by atoms with Gasteiger partial charge in [-0.25, -0.2) is 12.8 Å². The number of halogens is 4. The summed E-state index contributed by atoms with van der Waals surface area (Å²) in [5.41, 5.74) is -5.36. The summed E-state index contributed by atoms with van der Waals surface area (Å²) in [4.78, 5) is 13.4. The summed E-state index contributed by atoms with van der Waals surface area (Å²) in [7, 11) is -5.50. The largest absolute Gasteiger partial charge is 0.501 e. The van der Waals surface area contributed by atoms with Crippen LogP contribution in [0.3, 0.4) is 0 Å². The number of carbonyl (C=O) groups excluding carboxylic acids is 1. The number of hydrogen-bond donors (Lipinski definition) is 0. The molecule has 1 saturated carbocycles. The number of anilines is 1. The maximum atomic E-state index is 14.3. The third kappa shape index (κ3) is 3.76. The molecule has 4 nitrogen and oxygen atoms in total. The van der Waals surface area contributed by atoms with E-state index in [1.54, 1.807) is 6.07 Å². The number of rotatable bonds is 4. The third-order valence-corrected chi connectivity index (χ3v) is 6.24. The molecule has 0 spiro atoms. The van der Waals surface area contributed by atoms with Gasteiger partial charge in [0.05, 0.1) is 10.6 Å². The lowest BCUT2D eigenvalue weighted by molar-refractivity contribution is -0.0436. The Balaban J connectivity index is 1.97. The number of nitrogens with zero attached hydrogens (tertiary/aromatic N) is 1. The molecule has 150 valence electrons. The quantitative estimate of drug-likeness (QED) is 0.680. The first-order valence-electron chi connectivity index (χ1n) is 8.62. The zero-order valence-electron chi connectivity index (χ0n) is 14.6. The lowest BCUT2D eigenvalue weighted by Gasteiger charge is -2.29. The van der Waals surface area contributed by atoms with Gasteiger partial charge in [-0.05, 0) is 49.2 Å². The van der Waals surface area contributed by atoms with Gasteiger partial charge in [0.2, 0.25) is 0 Å². The molecule has 2 aromatic rings. The fraction of sp³-hybridized carbons (Fsp3) is 0.316. The highest BCUT2D eigenvalue weighted by Crippen LogP contribution is 2.33. The summed E-state index contributed by atoms with van der Waals surface area (Å²) < 4.78 is 75.3. The van der Waals surface area contributed by atoms with Crippen molar-refractivity contribution in [2.24, 2.45) is 0 Å². The second-order valence-corrected chi connectivity index (χ2v) is 8.48. The van der Waals surface area contributed by atoms with E-state index in [0.717, 1.165) is 37.1 Å². The summed E-state index contributed by atoms with van der Waals surface area (Å²) in [6.45, 7) is 0. The van der Waals surface area contributed by atoms with Gasteiger partial charge in [-0.15, -0.1) is 0 Å². The summed E-state index contributed by atoms with van der Waals surface area (Å²) in [6, 6.07) is 9.06. The van der Waals surface area contributed by atoms with E-state index in [1.807, 2.05) is 0 Å². The molecule has 1 amide bonds. The van der Waals surface area contributed by atoms with Crippen molar-refractivity contribution in [1.82, 2.24) is 0 Å². The SMILES string of the molecule is O=C(c1ccc(S(=O)(=O)C(F)(F)F)cc1)N(c1ccccc1F)C1CCCC1. The van der Waals surface area contributed by atoms with Crippen LogP contribution < -0.4 is 4.90 Å². The molecule has 0 saturated heterocycles. The predicted molar refractivity (Wildman–Crippen MR) is 95.1 cm³/mol. The van der Waals surface area contributed by atoms with Crippen molar-refractivity contribution in [3.05, 3.63) is 59.9 Å². The predicted octanol–water partition coefficient (Wildman–Crippen LogP) is 4.71. The zero-order chi connectivity index (χ0) is 20.5. The highest BCUT2D eigenvalue weighted by atomic mass is 32.2. The van der Waals surface area contributed by atoms with Crippen molar-refractivity contribution >= 4 is 21.4 Å². The molecule has 3 rings (SSSR count). The molecule has 1 fully saturated rings. The summed E-state index contributed by atoms with van der Waals surface area (Å²) in [6.07, 6.45) is 3.12. The monoisotopic (exact) mass is 415 g/mol. The smallest absolute Gasteiger partial charge is 0.302 e. The van der Waals surface area contributed by atoms with Gasteiger partial charge < -0.3 is 4.90 Å². The van der Waals surface area contributed by atoms with Crippen LogP contribution in [0.15, 0.2) is 53.4 Å². The number of amides is 1. The van der Waals surface area contributed by atoms with Crippen LogP contribution in [0.25, 0.3) is 0 Å². The van der Waals surface area contributed by atoms with E-state index in [9.17, 15) is 30.8 Å². The molecule has 9 heteroatoms. The lowest BCUT2D eigenvalue weighted by Crippen LogP contribution is -2.39. The molecule has 0 bridgehead atoms. The second-order valence-electron chi connectivity index (χ2n) is 6.54. The number of para-hydroxylation sites is 1. The van der Waals surface area contributed by atoms with E-state index < -0.39 is 32.0 Å². The van der Waals surface area contributed by atoms with Gasteiger partial charge in [-0.2, -0.15) is 13.2 Å². The van der Waals surface area contributed by atoms with Crippen LogP contribution in [0.4, 0.5) is 23.2 Å². The van der Waals surface area contributed by atoms with Gasteiger partial charge in [0.1, 0.15) is 5.82 Å². The van der Waals surface area contributed by atoms with Crippen molar-refractivity contribution < 1.29 is 30.8 Å². The van der Waals surface area contributed by atoms with E-state index in [0.29, 0.717) is 12.8 Å². The summed E-state index contributed by atoms with van der Waals surface area (Å²) in [5, 5.41) is 0. The maximum Gasteiger partial charge on any atom is 0.501 e. The second kappa shape index (κ2) is 7.54. The summed E-state index contributed by atoms with van der Waals surface area (Å²) >= 11 is 0. The van der Waals surface area contributed by atoms with E-state index >= 15 is 0 Å². The number of sulfone groups is 1. The first kappa shape index (κ1) is 20.3. The highest BCUT2D eigenvalue weighted by molar-refractivity contribution is 7.92. The van der Waals surface area contributed by atoms with Crippen LogP contribution in [0.2, 0.25) is 0 Å². The minimum atomic E-state index is -5.50. The Morgan fingerprint density at radius 2 is 1.54 bits per heavy atom. The van der Waals surface area contributed by atoms with Gasteiger partial charge >= 0.3 is 5.51 Å². The molecular weight excluding hydrogens is 398 g/mol. The molecule has 0 radical (unpaired) electrons. The zero-order valence-corrected chi connectivity index (χ0v) is 15.4. The highest BCUT2D eigenvalue weighted by Gasteiger charge is 2.46. The molecule has 28 heavy (non-hydrogen) atoms. The minimum absolute atomic E-state index is 0.0173. The molecule has 1 aliphatic rings. The Bertz CT molecular complexity index is 965. The number of benzene rings is 2. The van der Waals surface area contributed by atoms with Crippen LogP contribution in [-0.2, 0) is 9.84 Å². The average molecular weight is 415 g/mol. The van der Waals surface area contributed by atoms with Gasteiger partial charge in [0.15, 0.2) is 0 Å². The Kier molecular flexibility index (Phi) is 5.47. The van der Waals surface area contributed by atoms with Crippen molar-refractivity contribution in [3.8, 4) is 0 Å². The molecule has 1 aliphatic carbocycles. The Hall–Kier alpha value is -2.42. The molecule has 0 heterocycles. The fourth-order valence-corrected chi connectivity index (χ4v) is 4.09. The van der Waals surface area contributed by atoms with Gasteiger partial charge in [0, 0.05) is 11.6 Å². The Labute approximate surface area is 159 Å². The molecule has 0 N–H and O–H groups in total. The molecule has 0 unspecified atom stereocenters. The Morgan fingerprint density at radius 3 is 2.07 bits per heavy atom. The van der Waals surface area contributed by atoms with E-state index in [1.165, 1.54) is 23.1 Å². The van der Waals surface area contributed by atoms with E-state index in [2.05, 4.69) is 0 Å². The minimum Gasteiger partial charge on any atom is -0.302 e. The molecule has 0 aromatic heterocycles. The molecule has 0 aliphatic heterocycles. The normalized spacial score (nSPS) is 15.6. The molecular formula is C19H17F4NO3S. The standard InChI is InChI=1S/C19H17F4NO3S/c20-16-7-3-4-8-17(16)24(14-5-1-2-6-14)18(25)13-9-11-15(12-10-13)28(26,27)19(21,22)23/h3-4,7-12,14H,1-2,5-6H2. The maximum absolute atomic E-state index is 14.3. The topological polar surface area (TPSA) is 54.5 Å². The van der Waals surface area contributed by atoms with Gasteiger partial charge in [-0.1, -0.05) is 25.0 Å². The van der Waals surface area contributed by atoms with Crippen LogP contribution >= 0.6 is 0 Å². The number of alkyl halides is 3. The lowest BCUT2D eigenvalue weighted by atomic mass is 10.1. The van der Waals surface area contributed by atoms with Gasteiger partial charge in [-0.3, -0.25) is 4.79 Å². The Morgan fingerprint density at radius 1 is 0.964 bits per heavy atom. The van der Waals surface area contributed by atoms with E-state index in [4.69, 9.17) is 0 Å². The average Bonchev–Trinajstić information content (AvgIpc) is 3.17. The van der Waals surface area contributed by atoms with E-state index in [-0.39, 0.29) is 17.3 Å². The first-order valence-corrected chi connectivity index (χ1v) is 10.1. The first-order chi connectivity index (χ1) is 13.1. The summed E-state index contributed by atoms with van der Waals surface area (Å²) in [5.74, 6) is -1.17. The number of carbonyl (C=O) groups is 1. The fourth-order valence-electron chi connectivity index (χ4n) is 3.33. The molecule has 0 atom stereocenters. The van der Waals surface area contributed by atoms with Crippen LogP contribution in [0.5, 0.6) is 0 Å². The van der Waals surface area contributed by atoms with Crippen LogP contribution in [0.1, 0.15) is 36.0 Å². The van der Waals surface area contributed by atoms with Crippen molar-refractivity contribution in [2.75, 3.05) is 4.90 Å². The van der Waals surface area contributed by atoms with Crippen LogP contribution in [-0.4, -0.2) is 25.9 Å². The van der Waals surface area contributed by atoms with Crippen LogP contribution in [0, 0.1) is 5.82 Å². The third-order valence-electron chi connectivity index (χ3n) is 4.74. The van der Waals surface area contributed by atoms with Crippen molar-refractivity contribution in [2.45, 2.75) is 42.1 Å².